The molecule has 0 aliphatic carbocycles. The van der Waals surface area contributed by atoms with Gasteiger partial charge < -0.3 is 15.2 Å². The highest BCUT2D eigenvalue weighted by Gasteiger charge is 2.26. The molecule has 0 spiro atoms. The highest BCUT2D eigenvalue weighted by atomic mass is 16.5. The predicted octanol–water partition coefficient (Wildman–Crippen LogP) is 2.39. The lowest BCUT2D eigenvalue weighted by molar-refractivity contribution is 0.201. The normalized spacial score (nSPS) is 18.3. The number of aliphatic hydroxyl groups is 1. The summed E-state index contributed by atoms with van der Waals surface area (Å²) in [6.45, 7) is 6.54. The van der Waals surface area contributed by atoms with Crippen LogP contribution in [0.2, 0.25) is 0 Å². The first-order chi connectivity index (χ1) is 9.17. The van der Waals surface area contributed by atoms with Gasteiger partial charge in [0.2, 0.25) is 0 Å². The number of rotatable bonds is 4. The second kappa shape index (κ2) is 6.40. The number of aryl methyl sites for hydroxylation is 2. The van der Waals surface area contributed by atoms with Crippen LogP contribution in [0.3, 0.4) is 0 Å². The number of benzene rings is 1. The van der Waals surface area contributed by atoms with Gasteiger partial charge in [0.15, 0.2) is 0 Å². The Kier molecular flexibility index (Phi) is 4.83. The first-order valence-corrected chi connectivity index (χ1v) is 7.14. The van der Waals surface area contributed by atoms with E-state index < -0.39 is 0 Å². The number of methoxy groups -OCH3 is 1. The molecule has 3 heteroatoms. The van der Waals surface area contributed by atoms with Crippen LogP contribution in [0.15, 0.2) is 12.1 Å². The van der Waals surface area contributed by atoms with Crippen LogP contribution in [0.1, 0.15) is 35.4 Å². The molecule has 106 valence electrons. The second-order valence-electron chi connectivity index (χ2n) is 5.55. The van der Waals surface area contributed by atoms with Gasteiger partial charge in [0.1, 0.15) is 5.75 Å². The maximum Gasteiger partial charge on any atom is 0.122 e. The fourth-order valence-corrected chi connectivity index (χ4v) is 3.18. The van der Waals surface area contributed by atoms with Crippen LogP contribution in [0.25, 0.3) is 0 Å². The minimum absolute atomic E-state index is 0.233. The topological polar surface area (TPSA) is 41.5 Å². The summed E-state index contributed by atoms with van der Waals surface area (Å²) in [7, 11) is 1.71. The van der Waals surface area contributed by atoms with Gasteiger partial charge >= 0.3 is 0 Å². The minimum atomic E-state index is 0.233. The van der Waals surface area contributed by atoms with Crippen LogP contribution < -0.4 is 10.1 Å². The molecule has 1 aromatic carbocycles. The van der Waals surface area contributed by atoms with E-state index in [1.54, 1.807) is 7.11 Å². The first kappa shape index (κ1) is 14.4. The lowest BCUT2D eigenvalue weighted by Crippen LogP contribution is -2.32. The monoisotopic (exact) mass is 263 g/mol. The fraction of sp³-hybridized carbons (Fsp3) is 0.625. The molecule has 1 fully saturated rings. The average Bonchev–Trinajstić information content (AvgIpc) is 2.44. The van der Waals surface area contributed by atoms with Crippen molar-refractivity contribution in [2.75, 3.05) is 26.8 Å². The summed E-state index contributed by atoms with van der Waals surface area (Å²) in [5, 5.41) is 13.2. The summed E-state index contributed by atoms with van der Waals surface area (Å²) < 4.78 is 5.37. The third-order valence-electron chi connectivity index (χ3n) is 4.33. The Hall–Kier alpha value is -1.06. The van der Waals surface area contributed by atoms with Crippen molar-refractivity contribution < 1.29 is 9.84 Å². The Bertz CT molecular complexity index is 425. The van der Waals surface area contributed by atoms with E-state index in [2.05, 4.69) is 31.3 Å². The lowest BCUT2D eigenvalue weighted by atomic mass is 9.79. The van der Waals surface area contributed by atoms with Gasteiger partial charge in [-0.05, 0) is 68.5 Å². The van der Waals surface area contributed by atoms with Gasteiger partial charge in [-0.2, -0.15) is 0 Å². The van der Waals surface area contributed by atoms with Crippen molar-refractivity contribution in [2.45, 2.75) is 32.6 Å². The molecule has 1 atom stereocenters. The number of piperidine rings is 1. The quantitative estimate of drug-likeness (QED) is 0.876. The molecule has 0 saturated carbocycles. The summed E-state index contributed by atoms with van der Waals surface area (Å²) in [5.74, 6) is 1.77. The third-order valence-corrected chi connectivity index (χ3v) is 4.33. The molecule has 0 radical (unpaired) electrons. The zero-order valence-electron chi connectivity index (χ0n) is 12.2. The molecular weight excluding hydrogens is 238 g/mol. The molecule has 0 bridgehead atoms. The van der Waals surface area contributed by atoms with E-state index in [0.717, 1.165) is 37.2 Å². The molecule has 1 aromatic rings. The number of ether oxygens (including phenoxy) is 1. The molecule has 1 saturated heterocycles. The van der Waals surface area contributed by atoms with Crippen molar-refractivity contribution in [3.63, 3.8) is 0 Å². The Labute approximate surface area is 116 Å². The van der Waals surface area contributed by atoms with Crippen LogP contribution in [-0.4, -0.2) is 31.9 Å². The molecule has 3 nitrogen and oxygen atoms in total. The van der Waals surface area contributed by atoms with Crippen molar-refractivity contribution in [2.24, 2.45) is 5.92 Å². The zero-order valence-corrected chi connectivity index (χ0v) is 12.2. The van der Waals surface area contributed by atoms with E-state index in [1.165, 1.54) is 11.1 Å². The van der Waals surface area contributed by atoms with Crippen molar-refractivity contribution in [1.29, 1.82) is 0 Å². The summed E-state index contributed by atoms with van der Waals surface area (Å²) in [6, 6.07) is 4.28. The largest absolute Gasteiger partial charge is 0.496 e. The lowest BCUT2D eigenvalue weighted by Gasteiger charge is -2.31. The smallest absolute Gasteiger partial charge is 0.122 e. The summed E-state index contributed by atoms with van der Waals surface area (Å²) in [6.07, 6.45) is 2.30. The Morgan fingerprint density at radius 3 is 2.53 bits per heavy atom. The maximum atomic E-state index is 9.82. The molecule has 1 aliphatic rings. The van der Waals surface area contributed by atoms with Gasteiger partial charge in [-0.25, -0.2) is 0 Å². The standard InChI is InChI=1S/C16H25NO2/c1-11-9-16(19-3)12(2)8-14(11)15(10-18)13-4-6-17-7-5-13/h8-9,13,15,17-18H,4-7,10H2,1-3H3. The van der Waals surface area contributed by atoms with Gasteiger partial charge in [0.25, 0.3) is 0 Å². The Morgan fingerprint density at radius 2 is 1.95 bits per heavy atom. The van der Waals surface area contributed by atoms with Gasteiger partial charge in [0.05, 0.1) is 13.7 Å². The summed E-state index contributed by atoms with van der Waals surface area (Å²) >= 11 is 0. The molecule has 19 heavy (non-hydrogen) atoms. The van der Waals surface area contributed by atoms with Crippen molar-refractivity contribution in [3.8, 4) is 5.75 Å². The molecule has 0 amide bonds. The number of hydrogen-bond acceptors (Lipinski definition) is 3. The van der Waals surface area contributed by atoms with Gasteiger partial charge in [-0.3, -0.25) is 0 Å². The fourth-order valence-electron chi connectivity index (χ4n) is 3.18. The van der Waals surface area contributed by atoms with Gasteiger partial charge in [-0.15, -0.1) is 0 Å². The van der Waals surface area contributed by atoms with E-state index >= 15 is 0 Å². The molecule has 1 aliphatic heterocycles. The average molecular weight is 263 g/mol. The molecule has 0 aromatic heterocycles. The molecule has 2 rings (SSSR count). The summed E-state index contributed by atoms with van der Waals surface area (Å²) in [5.41, 5.74) is 3.66. The van der Waals surface area contributed by atoms with Crippen LogP contribution >= 0.6 is 0 Å². The third kappa shape index (κ3) is 3.10. The molecular formula is C16H25NO2. The predicted molar refractivity (Wildman–Crippen MR) is 77.9 cm³/mol. The van der Waals surface area contributed by atoms with E-state index in [-0.39, 0.29) is 12.5 Å². The van der Waals surface area contributed by atoms with E-state index in [4.69, 9.17) is 4.74 Å². The summed E-state index contributed by atoms with van der Waals surface area (Å²) in [4.78, 5) is 0. The van der Waals surface area contributed by atoms with E-state index in [1.807, 2.05) is 0 Å². The van der Waals surface area contributed by atoms with Crippen molar-refractivity contribution in [3.05, 3.63) is 28.8 Å². The van der Waals surface area contributed by atoms with E-state index in [9.17, 15) is 5.11 Å². The highest BCUT2D eigenvalue weighted by molar-refractivity contribution is 5.43. The molecule has 1 unspecified atom stereocenters. The van der Waals surface area contributed by atoms with Gasteiger partial charge in [0, 0.05) is 5.92 Å². The Morgan fingerprint density at radius 1 is 1.26 bits per heavy atom. The molecule has 2 N–H and O–H groups in total. The number of aliphatic hydroxyl groups excluding tert-OH is 1. The van der Waals surface area contributed by atoms with Crippen molar-refractivity contribution >= 4 is 0 Å². The number of hydrogen-bond donors (Lipinski definition) is 2. The van der Waals surface area contributed by atoms with Crippen molar-refractivity contribution in [1.82, 2.24) is 5.32 Å². The Balaban J connectivity index is 2.29. The van der Waals surface area contributed by atoms with Crippen LogP contribution in [0, 0.1) is 19.8 Å². The first-order valence-electron chi connectivity index (χ1n) is 7.14. The molecule has 1 heterocycles. The van der Waals surface area contributed by atoms with Crippen LogP contribution in [0.5, 0.6) is 5.75 Å². The van der Waals surface area contributed by atoms with Crippen LogP contribution in [-0.2, 0) is 0 Å². The zero-order chi connectivity index (χ0) is 13.8. The van der Waals surface area contributed by atoms with Crippen LogP contribution in [0.4, 0.5) is 0 Å². The van der Waals surface area contributed by atoms with E-state index in [0.29, 0.717) is 5.92 Å². The maximum absolute atomic E-state index is 9.82. The second-order valence-corrected chi connectivity index (χ2v) is 5.55. The van der Waals surface area contributed by atoms with Gasteiger partial charge in [-0.1, -0.05) is 6.07 Å². The number of nitrogens with one attached hydrogen (secondary N) is 1. The minimum Gasteiger partial charge on any atom is -0.496 e. The highest BCUT2D eigenvalue weighted by Crippen LogP contribution is 2.35. The SMILES string of the molecule is COc1cc(C)c(C(CO)C2CCNCC2)cc1C.